The summed E-state index contributed by atoms with van der Waals surface area (Å²) >= 11 is 1.40. The zero-order chi connectivity index (χ0) is 12.5. The molecule has 3 nitrogen and oxygen atoms in total. The van der Waals surface area contributed by atoms with E-state index in [4.69, 9.17) is 0 Å². The Morgan fingerprint density at radius 1 is 1.25 bits per heavy atom. The molecule has 8 heteroatoms. The van der Waals surface area contributed by atoms with Gasteiger partial charge < -0.3 is 0 Å². The van der Waals surface area contributed by atoms with Gasteiger partial charge in [0, 0.05) is 13.0 Å². The van der Waals surface area contributed by atoms with Crippen molar-refractivity contribution in [2.45, 2.75) is 6.92 Å². The lowest BCUT2D eigenvalue weighted by atomic mass is 10.2. The minimum absolute atomic E-state index is 0.441. The first-order valence-corrected chi connectivity index (χ1v) is 4.87. The standard InChI is InChI=1S/C8H5F4IN2O/c1-3(16)14-15(13)5-2-4(9)6(10)8(12)7(5)11/h2H,1H3,(H,14,16). The summed E-state index contributed by atoms with van der Waals surface area (Å²) in [5, 5.41) is 0. The second kappa shape index (κ2) is 4.85. The van der Waals surface area contributed by atoms with Gasteiger partial charge in [-0.1, -0.05) is 0 Å². The summed E-state index contributed by atoms with van der Waals surface area (Å²) in [6.07, 6.45) is 0. The number of amides is 1. The Kier molecular flexibility index (Phi) is 3.94. The number of anilines is 1. The molecule has 1 amide bonds. The Morgan fingerprint density at radius 3 is 2.31 bits per heavy atom. The van der Waals surface area contributed by atoms with Crippen molar-refractivity contribution in [1.82, 2.24) is 5.43 Å². The SMILES string of the molecule is CC(=O)NN(I)c1cc(F)c(F)c(F)c1F. The molecule has 0 heterocycles. The van der Waals surface area contributed by atoms with Crippen LogP contribution < -0.4 is 8.65 Å². The molecular formula is C8H5F4IN2O. The fourth-order valence-electron chi connectivity index (χ4n) is 0.902. The Bertz CT molecular complexity index is 441. The van der Waals surface area contributed by atoms with Gasteiger partial charge in [-0.2, -0.15) is 0 Å². The van der Waals surface area contributed by atoms with E-state index >= 15 is 0 Å². The molecule has 0 unspecified atom stereocenters. The van der Waals surface area contributed by atoms with Crippen LogP contribution in [0.2, 0.25) is 0 Å². The van der Waals surface area contributed by atoms with E-state index in [9.17, 15) is 22.4 Å². The van der Waals surface area contributed by atoms with Gasteiger partial charge in [-0.05, 0) is 0 Å². The molecular weight excluding hydrogens is 343 g/mol. The summed E-state index contributed by atoms with van der Waals surface area (Å²) in [5.41, 5.74) is 1.44. The molecule has 0 atom stereocenters. The zero-order valence-electron chi connectivity index (χ0n) is 7.82. The third-order valence-corrected chi connectivity index (χ3v) is 2.31. The van der Waals surface area contributed by atoms with Crippen molar-refractivity contribution in [1.29, 1.82) is 0 Å². The minimum Gasteiger partial charge on any atom is -0.274 e. The molecule has 0 fully saturated rings. The van der Waals surface area contributed by atoms with E-state index in [1.807, 2.05) is 0 Å². The molecule has 0 saturated carbocycles. The van der Waals surface area contributed by atoms with Crippen LogP contribution in [0.5, 0.6) is 0 Å². The maximum atomic E-state index is 13.2. The average Bonchev–Trinajstić information content (AvgIpc) is 2.19. The lowest BCUT2D eigenvalue weighted by molar-refractivity contribution is -0.118. The zero-order valence-corrected chi connectivity index (χ0v) is 9.98. The Labute approximate surface area is 102 Å². The quantitative estimate of drug-likeness (QED) is 0.222. The predicted octanol–water partition coefficient (Wildman–Crippen LogP) is 2.45. The molecule has 0 spiro atoms. The number of hydrazine groups is 1. The smallest absolute Gasteiger partial charge is 0.236 e. The van der Waals surface area contributed by atoms with Crippen molar-refractivity contribution >= 4 is 34.5 Å². The van der Waals surface area contributed by atoms with E-state index in [-0.39, 0.29) is 0 Å². The van der Waals surface area contributed by atoms with Crippen LogP contribution in [0.4, 0.5) is 23.2 Å². The van der Waals surface area contributed by atoms with Crippen molar-refractivity contribution in [2.75, 3.05) is 3.22 Å². The first kappa shape index (κ1) is 13.0. The van der Waals surface area contributed by atoms with E-state index in [0.717, 1.165) is 10.1 Å². The molecule has 1 rings (SSSR count). The van der Waals surface area contributed by atoms with Gasteiger partial charge in [0.25, 0.3) is 0 Å². The van der Waals surface area contributed by atoms with E-state index < -0.39 is 34.9 Å². The summed E-state index contributed by atoms with van der Waals surface area (Å²) in [4.78, 5) is 10.6. The highest BCUT2D eigenvalue weighted by molar-refractivity contribution is 14.1. The lowest BCUT2D eigenvalue weighted by Crippen LogP contribution is -2.33. The molecule has 1 aromatic rings. The van der Waals surface area contributed by atoms with E-state index in [0.29, 0.717) is 6.07 Å². The number of carbonyl (C=O) groups is 1. The van der Waals surface area contributed by atoms with Gasteiger partial charge in [0.05, 0.1) is 22.9 Å². The van der Waals surface area contributed by atoms with Gasteiger partial charge in [-0.15, -0.1) is 0 Å². The molecule has 16 heavy (non-hydrogen) atoms. The Balaban J connectivity index is 3.19. The van der Waals surface area contributed by atoms with Crippen LogP contribution in [-0.2, 0) is 4.79 Å². The molecule has 1 aromatic carbocycles. The molecule has 0 aliphatic carbocycles. The summed E-state index contributed by atoms with van der Waals surface area (Å²) < 4.78 is 52.1. The van der Waals surface area contributed by atoms with Crippen LogP contribution in [0.25, 0.3) is 0 Å². The first-order chi connectivity index (χ1) is 7.34. The van der Waals surface area contributed by atoms with Crippen LogP contribution in [0.15, 0.2) is 6.07 Å². The van der Waals surface area contributed by atoms with Crippen LogP contribution in [-0.4, -0.2) is 5.91 Å². The van der Waals surface area contributed by atoms with Gasteiger partial charge in [0.2, 0.25) is 5.91 Å². The fourth-order valence-corrected chi connectivity index (χ4v) is 1.59. The number of benzene rings is 1. The fraction of sp³-hybridized carbons (Fsp3) is 0.125. The molecule has 1 N–H and O–H groups in total. The van der Waals surface area contributed by atoms with E-state index in [2.05, 4.69) is 5.43 Å². The van der Waals surface area contributed by atoms with E-state index in [1.165, 1.54) is 22.9 Å². The van der Waals surface area contributed by atoms with Crippen LogP contribution in [0.3, 0.4) is 0 Å². The predicted molar refractivity (Wildman–Crippen MR) is 56.6 cm³/mol. The third kappa shape index (κ3) is 2.54. The maximum absolute atomic E-state index is 13.2. The second-order valence-electron chi connectivity index (χ2n) is 2.77. The number of carbonyl (C=O) groups excluding carboxylic acids is 1. The monoisotopic (exact) mass is 348 g/mol. The summed E-state index contributed by atoms with van der Waals surface area (Å²) in [7, 11) is 0. The van der Waals surface area contributed by atoms with Gasteiger partial charge >= 0.3 is 0 Å². The topological polar surface area (TPSA) is 32.3 Å². The molecule has 88 valence electrons. The van der Waals surface area contributed by atoms with Gasteiger partial charge in [0.1, 0.15) is 5.69 Å². The molecule has 0 aromatic heterocycles. The number of halogens is 5. The first-order valence-electron chi connectivity index (χ1n) is 3.90. The van der Waals surface area contributed by atoms with Crippen molar-refractivity contribution in [2.24, 2.45) is 0 Å². The Morgan fingerprint density at radius 2 is 1.81 bits per heavy atom. The molecule has 0 radical (unpaired) electrons. The number of rotatable bonds is 2. The normalized spacial score (nSPS) is 10.1. The van der Waals surface area contributed by atoms with Gasteiger partial charge in [-0.25, -0.2) is 20.8 Å². The lowest BCUT2D eigenvalue weighted by Gasteiger charge is -2.17. The number of nitrogens with one attached hydrogen (secondary N) is 1. The van der Waals surface area contributed by atoms with Crippen molar-refractivity contribution in [3.05, 3.63) is 29.3 Å². The molecule has 0 aliphatic rings. The Hall–Kier alpha value is -1.06. The number of nitrogens with zero attached hydrogens (tertiary/aromatic N) is 1. The molecule has 0 saturated heterocycles. The highest BCUT2D eigenvalue weighted by Gasteiger charge is 2.22. The van der Waals surface area contributed by atoms with Gasteiger partial charge in [0.15, 0.2) is 23.3 Å². The highest BCUT2D eigenvalue weighted by atomic mass is 127. The van der Waals surface area contributed by atoms with Gasteiger partial charge in [-0.3, -0.25) is 10.2 Å². The van der Waals surface area contributed by atoms with Crippen molar-refractivity contribution in [3.63, 3.8) is 0 Å². The minimum atomic E-state index is -1.93. The largest absolute Gasteiger partial charge is 0.274 e. The second-order valence-corrected chi connectivity index (χ2v) is 3.73. The summed E-state index contributed by atoms with van der Waals surface area (Å²) in [6.45, 7) is 1.12. The van der Waals surface area contributed by atoms with Crippen LogP contribution >= 0.6 is 22.9 Å². The summed E-state index contributed by atoms with van der Waals surface area (Å²) in [6, 6.07) is 0.441. The van der Waals surface area contributed by atoms with Crippen LogP contribution in [0, 0.1) is 23.3 Å². The van der Waals surface area contributed by atoms with Crippen LogP contribution in [0.1, 0.15) is 6.92 Å². The number of hydrogen-bond donors (Lipinski definition) is 1. The van der Waals surface area contributed by atoms with E-state index in [1.54, 1.807) is 0 Å². The molecule has 0 aliphatic heterocycles. The third-order valence-electron chi connectivity index (χ3n) is 1.55. The highest BCUT2D eigenvalue weighted by Crippen LogP contribution is 2.26. The van der Waals surface area contributed by atoms with Crippen molar-refractivity contribution in [3.8, 4) is 0 Å². The van der Waals surface area contributed by atoms with Crippen molar-refractivity contribution < 1.29 is 22.4 Å². The maximum Gasteiger partial charge on any atom is 0.236 e. The summed E-state index contributed by atoms with van der Waals surface area (Å²) in [5.74, 6) is -7.52. The number of hydrogen-bond acceptors (Lipinski definition) is 2. The average molecular weight is 348 g/mol. The molecule has 0 bridgehead atoms.